The molecule has 3 nitrogen and oxygen atoms in total. The number of hydrogen-bond acceptors (Lipinski definition) is 2. The van der Waals surface area contributed by atoms with Gasteiger partial charge in [0.15, 0.2) is 0 Å². The van der Waals surface area contributed by atoms with Gasteiger partial charge in [0.1, 0.15) is 5.78 Å². The van der Waals surface area contributed by atoms with E-state index < -0.39 is 0 Å². The summed E-state index contributed by atoms with van der Waals surface area (Å²) < 4.78 is 0. The van der Waals surface area contributed by atoms with Gasteiger partial charge in [0, 0.05) is 31.8 Å². The van der Waals surface area contributed by atoms with Crippen molar-refractivity contribution in [3.8, 4) is 0 Å². The third-order valence-electron chi connectivity index (χ3n) is 4.33. The topological polar surface area (TPSA) is 37.4 Å². The summed E-state index contributed by atoms with van der Waals surface area (Å²) in [6.45, 7) is 0.901. The molecule has 0 aromatic rings. The lowest BCUT2D eigenvalue weighted by Crippen LogP contribution is -2.44. The maximum absolute atomic E-state index is 11.8. The summed E-state index contributed by atoms with van der Waals surface area (Å²) in [4.78, 5) is 25.5. The Morgan fingerprint density at radius 2 is 1.80 bits per heavy atom. The molecule has 0 N–H and O–H groups in total. The van der Waals surface area contributed by atoms with Crippen molar-refractivity contribution >= 4 is 11.7 Å². The Hall–Kier alpha value is -0.860. The molecule has 3 atom stereocenters. The van der Waals surface area contributed by atoms with Crippen molar-refractivity contribution in [3.05, 3.63) is 0 Å². The number of carbonyl (C=O) groups excluding carboxylic acids is 2. The standard InChI is InChI=1S/C12H17NO2/c14-10-6-8-2-1-3-11(15)13-5-4-9(7-10)12(8)13/h8-9,12H,1-7H2/t8-,9-,12?/m0/s1. The Labute approximate surface area is 89.8 Å². The lowest BCUT2D eigenvalue weighted by atomic mass is 9.75. The highest BCUT2D eigenvalue weighted by Gasteiger charge is 2.46. The van der Waals surface area contributed by atoms with E-state index in [9.17, 15) is 9.59 Å². The van der Waals surface area contributed by atoms with Gasteiger partial charge < -0.3 is 4.90 Å². The van der Waals surface area contributed by atoms with E-state index in [2.05, 4.69) is 4.90 Å². The SMILES string of the molecule is O=C1C[C@@H]2CCCC(=O)N3CC[C@@H](C1)C23. The van der Waals surface area contributed by atoms with Gasteiger partial charge in [-0.2, -0.15) is 0 Å². The molecule has 0 spiro atoms. The molecule has 3 rings (SSSR count). The third kappa shape index (κ3) is 1.40. The summed E-state index contributed by atoms with van der Waals surface area (Å²) in [6, 6.07) is 0.415. The molecule has 0 aromatic heterocycles. The largest absolute Gasteiger partial charge is 0.339 e. The average Bonchev–Trinajstić information content (AvgIpc) is 2.53. The van der Waals surface area contributed by atoms with Crippen molar-refractivity contribution in [2.75, 3.05) is 6.54 Å². The van der Waals surface area contributed by atoms with Crippen LogP contribution in [0.2, 0.25) is 0 Å². The molecule has 1 aliphatic carbocycles. The second-order valence-electron chi connectivity index (χ2n) is 5.23. The molecule has 0 radical (unpaired) electrons. The Bertz CT molecular complexity index is 313. The van der Waals surface area contributed by atoms with Crippen LogP contribution in [-0.2, 0) is 9.59 Å². The van der Waals surface area contributed by atoms with Crippen molar-refractivity contribution in [2.45, 2.75) is 44.6 Å². The van der Waals surface area contributed by atoms with Crippen LogP contribution >= 0.6 is 0 Å². The maximum Gasteiger partial charge on any atom is 0.222 e. The molecule has 2 aliphatic heterocycles. The number of nitrogens with zero attached hydrogens (tertiary/aromatic N) is 1. The first kappa shape index (κ1) is 9.37. The van der Waals surface area contributed by atoms with Crippen LogP contribution < -0.4 is 0 Å². The fourth-order valence-electron chi connectivity index (χ4n) is 3.75. The highest BCUT2D eigenvalue weighted by atomic mass is 16.2. The molecule has 2 heterocycles. The number of amides is 1. The van der Waals surface area contributed by atoms with Crippen molar-refractivity contribution in [1.82, 2.24) is 4.90 Å². The number of ketones is 1. The van der Waals surface area contributed by atoms with Gasteiger partial charge >= 0.3 is 0 Å². The van der Waals surface area contributed by atoms with Crippen molar-refractivity contribution in [3.63, 3.8) is 0 Å². The monoisotopic (exact) mass is 207 g/mol. The van der Waals surface area contributed by atoms with E-state index in [1.165, 1.54) is 0 Å². The van der Waals surface area contributed by atoms with Crippen molar-refractivity contribution in [2.24, 2.45) is 11.8 Å². The zero-order valence-electron chi connectivity index (χ0n) is 8.95. The van der Waals surface area contributed by atoms with E-state index >= 15 is 0 Å². The summed E-state index contributed by atoms with van der Waals surface area (Å²) in [7, 11) is 0. The zero-order chi connectivity index (χ0) is 10.4. The molecule has 2 saturated heterocycles. The van der Waals surface area contributed by atoms with Crippen LogP contribution in [0, 0.1) is 11.8 Å². The fraction of sp³-hybridized carbons (Fsp3) is 0.833. The highest BCUT2D eigenvalue weighted by molar-refractivity contribution is 5.82. The zero-order valence-corrected chi connectivity index (χ0v) is 8.95. The number of carbonyl (C=O) groups is 2. The van der Waals surface area contributed by atoms with Crippen LogP contribution in [0.3, 0.4) is 0 Å². The van der Waals surface area contributed by atoms with Gasteiger partial charge in [-0.1, -0.05) is 0 Å². The number of rotatable bonds is 0. The molecule has 3 fully saturated rings. The van der Waals surface area contributed by atoms with E-state index in [0.717, 1.165) is 38.6 Å². The van der Waals surface area contributed by atoms with Gasteiger partial charge in [-0.3, -0.25) is 9.59 Å². The van der Waals surface area contributed by atoms with Crippen molar-refractivity contribution < 1.29 is 9.59 Å². The van der Waals surface area contributed by atoms with Crippen LogP contribution in [-0.4, -0.2) is 29.2 Å². The Balaban J connectivity index is 1.91. The van der Waals surface area contributed by atoms with Crippen LogP contribution in [0.15, 0.2) is 0 Å². The molecule has 1 unspecified atom stereocenters. The molecule has 3 heteroatoms. The predicted molar refractivity (Wildman–Crippen MR) is 55.2 cm³/mol. The molecule has 3 aliphatic rings. The molecule has 1 saturated carbocycles. The lowest BCUT2D eigenvalue weighted by molar-refractivity contribution is -0.134. The minimum atomic E-state index is 0.333. The maximum atomic E-state index is 11.8. The van der Waals surface area contributed by atoms with Gasteiger partial charge in [0.05, 0.1) is 0 Å². The Morgan fingerprint density at radius 1 is 1.07 bits per heavy atom. The molecular formula is C12H17NO2. The van der Waals surface area contributed by atoms with Gasteiger partial charge in [-0.25, -0.2) is 0 Å². The predicted octanol–water partition coefficient (Wildman–Crippen LogP) is 1.37. The minimum absolute atomic E-state index is 0.333. The fourth-order valence-corrected chi connectivity index (χ4v) is 3.75. The second-order valence-corrected chi connectivity index (χ2v) is 5.23. The summed E-state index contributed by atoms with van der Waals surface area (Å²) >= 11 is 0. The molecule has 0 aromatic carbocycles. The smallest absolute Gasteiger partial charge is 0.222 e. The molecule has 15 heavy (non-hydrogen) atoms. The summed E-state index contributed by atoms with van der Waals surface area (Å²) in [6.07, 6.45) is 5.27. The molecule has 82 valence electrons. The number of Topliss-reactive ketones (excluding diaryl/α,β-unsaturated/α-hetero) is 1. The first-order valence-electron chi connectivity index (χ1n) is 6.07. The normalized spacial score (nSPS) is 40.3. The van der Waals surface area contributed by atoms with E-state index in [0.29, 0.717) is 36.0 Å². The summed E-state index contributed by atoms with van der Waals surface area (Å²) in [5.74, 6) is 1.72. The Morgan fingerprint density at radius 3 is 2.60 bits per heavy atom. The van der Waals surface area contributed by atoms with E-state index in [1.807, 2.05) is 0 Å². The average molecular weight is 207 g/mol. The summed E-state index contributed by atoms with van der Waals surface area (Å²) in [5.41, 5.74) is 0. The van der Waals surface area contributed by atoms with Crippen LogP contribution in [0.5, 0.6) is 0 Å². The summed E-state index contributed by atoms with van der Waals surface area (Å²) in [5, 5.41) is 0. The van der Waals surface area contributed by atoms with E-state index in [4.69, 9.17) is 0 Å². The van der Waals surface area contributed by atoms with Gasteiger partial charge in [0.25, 0.3) is 0 Å². The second kappa shape index (κ2) is 3.32. The number of hydrogen-bond donors (Lipinski definition) is 0. The lowest BCUT2D eigenvalue weighted by Gasteiger charge is -2.36. The van der Waals surface area contributed by atoms with E-state index in [1.54, 1.807) is 0 Å². The quantitative estimate of drug-likeness (QED) is 0.601. The molecule has 1 amide bonds. The van der Waals surface area contributed by atoms with Gasteiger partial charge in [0.2, 0.25) is 5.91 Å². The third-order valence-corrected chi connectivity index (χ3v) is 4.33. The molecular weight excluding hydrogens is 190 g/mol. The van der Waals surface area contributed by atoms with Crippen LogP contribution in [0.1, 0.15) is 38.5 Å². The van der Waals surface area contributed by atoms with Crippen LogP contribution in [0.4, 0.5) is 0 Å². The van der Waals surface area contributed by atoms with Crippen molar-refractivity contribution in [1.29, 1.82) is 0 Å². The first-order valence-corrected chi connectivity index (χ1v) is 6.07. The van der Waals surface area contributed by atoms with Gasteiger partial charge in [-0.15, -0.1) is 0 Å². The highest BCUT2D eigenvalue weighted by Crippen LogP contribution is 2.42. The van der Waals surface area contributed by atoms with Crippen LogP contribution in [0.25, 0.3) is 0 Å². The Kier molecular flexibility index (Phi) is 2.08. The first-order chi connectivity index (χ1) is 7.25. The van der Waals surface area contributed by atoms with E-state index in [-0.39, 0.29) is 0 Å². The molecule has 0 bridgehead atoms. The van der Waals surface area contributed by atoms with Gasteiger partial charge in [-0.05, 0) is 31.1 Å². The minimum Gasteiger partial charge on any atom is -0.339 e.